The highest BCUT2D eigenvalue weighted by atomic mass is 35.5. The summed E-state index contributed by atoms with van der Waals surface area (Å²) in [6, 6.07) is 10.1. The van der Waals surface area contributed by atoms with Gasteiger partial charge in [-0.05, 0) is 54.9 Å². The molecule has 2 rings (SSSR count). The third-order valence-electron chi connectivity index (χ3n) is 2.49. The fraction of sp³-hybridized carbons (Fsp3) is 0.143. The average Bonchev–Trinajstić information content (AvgIpc) is 2.33. The first-order valence-electron chi connectivity index (χ1n) is 5.71. The first-order chi connectivity index (χ1) is 9.08. The van der Waals surface area contributed by atoms with Crippen LogP contribution in [0.1, 0.15) is 5.56 Å². The molecule has 0 bridgehead atoms. The van der Waals surface area contributed by atoms with Gasteiger partial charge in [0.05, 0.1) is 5.02 Å². The van der Waals surface area contributed by atoms with Gasteiger partial charge in [-0.2, -0.15) is 0 Å². The van der Waals surface area contributed by atoms with Crippen LogP contribution in [0.4, 0.5) is 4.39 Å². The Kier molecular flexibility index (Phi) is 5.11. The van der Waals surface area contributed by atoms with Crippen LogP contribution >= 0.6 is 35.0 Å². The fourth-order valence-corrected chi connectivity index (χ4v) is 3.13. The van der Waals surface area contributed by atoms with E-state index in [0.717, 1.165) is 15.4 Å². The molecule has 0 spiro atoms. The quantitative estimate of drug-likeness (QED) is 0.878. The van der Waals surface area contributed by atoms with Crippen molar-refractivity contribution in [3.8, 4) is 0 Å². The summed E-state index contributed by atoms with van der Waals surface area (Å²) in [5.74, 6) is -0.272. The molecule has 0 aliphatic carbocycles. The molecule has 0 aliphatic rings. The SMILES string of the molecule is NCCc1cc(F)cc(Sc2cc(Cl)ccc2Cl)c1. The molecule has 1 nitrogen and oxygen atoms in total. The minimum absolute atomic E-state index is 0.272. The van der Waals surface area contributed by atoms with Crippen molar-refractivity contribution in [2.24, 2.45) is 5.73 Å². The standard InChI is InChI=1S/C14H12Cl2FNS/c15-10-1-2-13(16)14(7-10)19-12-6-9(3-4-18)5-11(17)8-12/h1-2,5-8H,3-4,18H2. The van der Waals surface area contributed by atoms with Crippen molar-refractivity contribution in [2.45, 2.75) is 16.2 Å². The van der Waals surface area contributed by atoms with E-state index >= 15 is 0 Å². The van der Waals surface area contributed by atoms with Gasteiger partial charge in [0.1, 0.15) is 5.82 Å². The third kappa shape index (κ3) is 4.11. The highest BCUT2D eigenvalue weighted by Gasteiger charge is 2.06. The Morgan fingerprint density at radius 3 is 2.63 bits per heavy atom. The second-order valence-electron chi connectivity index (χ2n) is 4.01. The maximum Gasteiger partial charge on any atom is 0.124 e. The Balaban J connectivity index is 2.29. The number of rotatable bonds is 4. The summed E-state index contributed by atoms with van der Waals surface area (Å²) >= 11 is 13.4. The summed E-state index contributed by atoms with van der Waals surface area (Å²) < 4.78 is 13.5. The highest BCUT2D eigenvalue weighted by Crippen LogP contribution is 2.35. The highest BCUT2D eigenvalue weighted by molar-refractivity contribution is 7.99. The predicted molar refractivity (Wildman–Crippen MR) is 79.7 cm³/mol. The van der Waals surface area contributed by atoms with Gasteiger partial charge in [0.25, 0.3) is 0 Å². The topological polar surface area (TPSA) is 26.0 Å². The van der Waals surface area contributed by atoms with Crippen molar-refractivity contribution in [1.29, 1.82) is 0 Å². The molecule has 5 heteroatoms. The van der Waals surface area contributed by atoms with Crippen molar-refractivity contribution in [2.75, 3.05) is 6.54 Å². The van der Waals surface area contributed by atoms with E-state index in [1.807, 2.05) is 6.07 Å². The molecular weight excluding hydrogens is 304 g/mol. The summed E-state index contributed by atoms with van der Waals surface area (Å²) in [6.07, 6.45) is 0.647. The van der Waals surface area contributed by atoms with E-state index in [2.05, 4.69) is 0 Å². The molecule has 0 saturated heterocycles. The number of hydrogen-bond donors (Lipinski definition) is 1. The van der Waals surface area contributed by atoms with Gasteiger partial charge in [0, 0.05) is 14.8 Å². The molecule has 0 heterocycles. The molecular formula is C14H12Cl2FNS. The Bertz CT molecular complexity index is 590. The Labute approximate surface area is 125 Å². The minimum Gasteiger partial charge on any atom is -0.330 e. The van der Waals surface area contributed by atoms with Crippen LogP contribution in [-0.4, -0.2) is 6.54 Å². The number of halogens is 3. The van der Waals surface area contributed by atoms with Gasteiger partial charge < -0.3 is 5.73 Å². The second-order valence-corrected chi connectivity index (χ2v) is 5.97. The molecule has 0 atom stereocenters. The van der Waals surface area contributed by atoms with Crippen molar-refractivity contribution in [3.05, 3.63) is 57.8 Å². The van der Waals surface area contributed by atoms with Crippen molar-refractivity contribution in [1.82, 2.24) is 0 Å². The molecule has 0 unspecified atom stereocenters. The van der Waals surface area contributed by atoms with E-state index in [1.165, 1.54) is 23.9 Å². The lowest BCUT2D eigenvalue weighted by atomic mass is 10.1. The van der Waals surface area contributed by atoms with Gasteiger partial charge in [-0.3, -0.25) is 0 Å². The molecule has 2 aromatic carbocycles. The molecule has 19 heavy (non-hydrogen) atoms. The average molecular weight is 316 g/mol. The minimum atomic E-state index is -0.272. The molecule has 0 fully saturated rings. The van der Waals surface area contributed by atoms with Gasteiger partial charge >= 0.3 is 0 Å². The van der Waals surface area contributed by atoms with Crippen LogP contribution in [0.2, 0.25) is 10.0 Å². The van der Waals surface area contributed by atoms with Crippen LogP contribution in [0.15, 0.2) is 46.2 Å². The Morgan fingerprint density at radius 2 is 1.89 bits per heavy atom. The van der Waals surface area contributed by atoms with Crippen LogP contribution in [-0.2, 0) is 6.42 Å². The number of nitrogens with two attached hydrogens (primary N) is 1. The summed E-state index contributed by atoms with van der Waals surface area (Å²) in [6.45, 7) is 0.492. The van der Waals surface area contributed by atoms with Crippen molar-refractivity contribution >= 4 is 35.0 Å². The largest absolute Gasteiger partial charge is 0.330 e. The van der Waals surface area contributed by atoms with Crippen LogP contribution in [0.25, 0.3) is 0 Å². The van der Waals surface area contributed by atoms with Gasteiger partial charge in [0.2, 0.25) is 0 Å². The van der Waals surface area contributed by atoms with Crippen LogP contribution < -0.4 is 5.73 Å². The van der Waals surface area contributed by atoms with Crippen LogP contribution in [0, 0.1) is 5.82 Å². The van der Waals surface area contributed by atoms with Gasteiger partial charge in [-0.15, -0.1) is 0 Å². The zero-order valence-corrected chi connectivity index (χ0v) is 12.3. The van der Waals surface area contributed by atoms with E-state index in [-0.39, 0.29) is 5.82 Å². The van der Waals surface area contributed by atoms with E-state index < -0.39 is 0 Å². The van der Waals surface area contributed by atoms with Gasteiger partial charge in [-0.1, -0.05) is 35.0 Å². The second kappa shape index (κ2) is 6.62. The zero-order valence-electron chi connectivity index (χ0n) is 10.00. The molecule has 0 aromatic heterocycles. The first kappa shape index (κ1) is 14.7. The molecule has 0 amide bonds. The predicted octanol–water partition coefficient (Wildman–Crippen LogP) is 4.78. The van der Waals surface area contributed by atoms with Gasteiger partial charge in [0.15, 0.2) is 0 Å². The number of benzene rings is 2. The Morgan fingerprint density at radius 1 is 1.11 bits per heavy atom. The maximum absolute atomic E-state index is 13.5. The smallest absolute Gasteiger partial charge is 0.124 e. The number of hydrogen-bond acceptors (Lipinski definition) is 2. The van der Waals surface area contributed by atoms with E-state index in [0.29, 0.717) is 23.0 Å². The monoisotopic (exact) mass is 315 g/mol. The fourth-order valence-electron chi connectivity index (χ4n) is 1.67. The van der Waals surface area contributed by atoms with Gasteiger partial charge in [-0.25, -0.2) is 4.39 Å². The summed E-state index contributed by atoms with van der Waals surface area (Å²) in [4.78, 5) is 1.59. The van der Waals surface area contributed by atoms with E-state index in [4.69, 9.17) is 28.9 Å². The maximum atomic E-state index is 13.5. The lowest BCUT2D eigenvalue weighted by Gasteiger charge is -2.07. The van der Waals surface area contributed by atoms with Crippen LogP contribution in [0.5, 0.6) is 0 Å². The normalized spacial score (nSPS) is 10.7. The molecule has 100 valence electrons. The zero-order chi connectivity index (χ0) is 13.8. The van der Waals surface area contributed by atoms with E-state index in [1.54, 1.807) is 18.2 Å². The first-order valence-corrected chi connectivity index (χ1v) is 7.28. The summed E-state index contributed by atoms with van der Waals surface area (Å²) in [5.41, 5.74) is 6.37. The molecule has 0 radical (unpaired) electrons. The molecule has 0 saturated carbocycles. The van der Waals surface area contributed by atoms with Crippen molar-refractivity contribution in [3.63, 3.8) is 0 Å². The van der Waals surface area contributed by atoms with Crippen LogP contribution in [0.3, 0.4) is 0 Å². The third-order valence-corrected chi connectivity index (χ3v) is 4.19. The Hall–Kier alpha value is -0.740. The van der Waals surface area contributed by atoms with E-state index in [9.17, 15) is 4.39 Å². The molecule has 2 aromatic rings. The summed E-state index contributed by atoms with van der Waals surface area (Å²) in [7, 11) is 0. The molecule has 2 N–H and O–H groups in total. The van der Waals surface area contributed by atoms with Crippen molar-refractivity contribution < 1.29 is 4.39 Å². The lowest BCUT2D eigenvalue weighted by molar-refractivity contribution is 0.621. The lowest BCUT2D eigenvalue weighted by Crippen LogP contribution is -2.03. The summed E-state index contributed by atoms with van der Waals surface area (Å²) in [5, 5.41) is 1.20. The molecule has 0 aliphatic heterocycles.